The van der Waals surface area contributed by atoms with E-state index in [2.05, 4.69) is 110 Å². The van der Waals surface area contributed by atoms with Gasteiger partial charge in [0, 0.05) is 18.2 Å². The summed E-state index contributed by atoms with van der Waals surface area (Å²) < 4.78 is 23.0. The molecule has 0 unspecified atom stereocenters. The average Bonchev–Trinajstić information content (AvgIpc) is 3.02. The van der Waals surface area contributed by atoms with Gasteiger partial charge in [0.15, 0.2) is 0 Å². The van der Waals surface area contributed by atoms with E-state index in [0.29, 0.717) is 10.3 Å². The van der Waals surface area contributed by atoms with Crippen LogP contribution in [-0.2, 0) is 21.8 Å². The quantitative estimate of drug-likeness (QED) is 0.252. The van der Waals surface area contributed by atoms with E-state index in [1.165, 1.54) is 99.3 Å². The van der Waals surface area contributed by atoms with Gasteiger partial charge < -0.3 is 4.74 Å². The van der Waals surface area contributed by atoms with E-state index in [4.69, 9.17) is 4.74 Å². The minimum absolute atomic E-state index is 0.113. The van der Waals surface area contributed by atoms with E-state index in [1.807, 2.05) is 7.11 Å². The number of ether oxygens (including phenoxy) is 1. The molecule has 0 saturated heterocycles. The first-order valence-electron chi connectivity index (χ1n) is 21.1. The van der Waals surface area contributed by atoms with Gasteiger partial charge in [-0.3, -0.25) is 0 Å². The number of nitrogens with zero attached hydrogens (tertiary/aromatic N) is 1. The van der Waals surface area contributed by atoms with Crippen molar-refractivity contribution in [1.82, 2.24) is 4.31 Å². The highest BCUT2D eigenvalue weighted by atomic mass is 32.2. The van der Waals surface area contributed by atoms with Gasteiger partial charge in [-0.15, -0.1) is 0 Å². The van der Waals surface area contributed by atoms with Crippen molar-refractivity contribution in [3.63, 3.8) is 0 Å². The third-order valence-corrected chi connectivity index (χ3v) is 20.5. The Balaban J connectivity index is 1.38. The smallest absolute Gasteiger partial charge is 0.126 e. The molecular weight excluding hydrogens is 674 g/mol. The third-order valence-electron chi connectivity index (χ3n) is 14.8. The van der Waals surface area contributed by atoms with Crippen LogP contribution in [0.3, 0.4) is 0 Å². The molecule has 8 saturated carbocycles. The molecule has 286 valence electrons. The number of hydrogen-bond donors (Lipinski definition) is 0. The van der Waals surface area contributed by atoms with Crippen LogP contribution in [0, 0.1) is 35.5 Å². The van der Waals surface area contributed by atoms with Crippen LogP contribution in [0.2, 0.25) is 0 Å². The van der Waals surface area contributed by atoms with Crippen molar-refractivity contribution < 1.29 is 8.95 Å². The Morgan fingerprint density at radius 2 is 1.08 bits per heavy atom. The van der Waals surface area contributed by atoms with Crippen LogP contribution >= 0.6 is 7.92 Å². The first-order valence-corrected chi connectivity index (χ1v) is 23.5. The molecule has 8 aliphatic carbocycles. The summed E-state index contributed by atoms with van der Waals surface area (Å²) in [4.78, 5) is 0. The molecule has 52 heavy (non-hydrogen) atoms. The van der Waals surface area contributed by atoms with Crippen LogP contribution in [0.1, 0.15) is 168 Å². The fourth-order valence-electron chi connectivity index (χ4n) is 13.9. The van der Waals surface area contributed by atoms with Gasteiger partial charge in [0.1, 0.15) is 16.7 Å². The van der Waals surface area contributed by atoms with Gasteiger partial charge in [-0.25, -0.2) is 8.51 Å². The molecule has 2 aromatic carbocycles. The lowest BCUT2D eigenvalue weighted by Gasteiger charge is -2.67. The van der Waals surface area contributed by atoms with Crippen molar-refractivity contribution in [2.24, 2.45) is 35.5 Å². The summed E-state index contributed by atoms with van der Waals surface area (Å²) in [6.07, 6.45) is 17.8. The van der Waals surface area contributed by atoms with Crippen molar-refractivity contribution in [3.05, 3.63) is 58.7 Å². The Morgan fingerprint density at radius 1 is 0.692 bits per heavy atom. The number of rotatable bonds is 8. The summed E-state index contributed by atoms with van der Waals surface area (Å²) in [5, 5.41) is 2.62. The Morgan fingerprint density at radius 3 is 1.42 bits per heavy atom. The van der Waals surface area contributed by atoms with Crippen LogP contribution in [0.4, 0.5) is 0 Å². The topological polar surface area (TPSA) is 29.5 Å². The lowest BCUT2D eigenvalue weighted by Crippen LogP contribution is -2.58. The van der Waals surface area contributed by atoms with Gasteiger partial charge >= 0.3 is 0 Å². The Kier molecular flexibility index (Phi) is 9.36. The fourth-order valence-corrected chi connectivity index (χ4v) is 20.5. The molecule has 8 aliphatic rings. The summed E-state index contributed by atoms with van der Waals surface area (Å²) in [6, 6.07) is 14.6. The van der Waals surface area contributed by atoms with Gasteiger partial charge in [-0.2, -0.15) is 0 Å². The highest BCUT2D eigenvalue weighted by Gasteiger charge is 2.63. The van der Waals surface area contributed by atoms with Crippen LogP contribution < -0.4 is 10.0 Å². The summed E-state index contributed by atoms with van der Waals surface area (Å²) >= 11 is 0. The highest BCUT2D eigenvalue weighted by molar-refractivity contribution is 7.84. The zero-order valence-electron chi connectivity index (χ0n) is 34.6. The SMILES string of the molecule is COc1c(C(C)(C)C)cc([C@H](c2ccccc2P(C23CC4CC(CC(C4)C2)C3)C23CC4CC(CC(C4)C2)C3)N(C)[S@](=O)C(C)(C)C)cc1C(C)(C)C. The second-order valence-electron chi connectivity index (χ2n) is 22.1. The molecule has 5 heteroatoms. The first kappa shape index (κ1) is 37.7. The summed E-state index contributed by atoms with van der Waals surface area (Å²) in [6.45, 7) is 20.4. The number of methoxy groups -OCH3 is 1. The molecule has 3 nitrogen and oxygen atoms in total. The van der Waals surface area contributed by atoms with Gasteiger partial charge in [-0.1, -0.05) is 73.7 Å². The van der Waals surface area contributed by atoms with Crippen molar-refractivity contribution >= 4 is 24.2 Å². The Bertz CT molecular complexity index is 1560. The molecule has 0 heterocycles. The number of hydrogen-bond acceptors (Lipinski definition) is 2. The van der Waals surface area contributed by atoms with Crippen molar-refractivity contribution in [1.29, 1.82) is 0 Å². The first-order chi connectivity index (χ1) is 24.3. The van der Waals surface area contributed by atoms with Crippen molar-refractivity contribution in [2.45, 2.75) is 171 Å². The van der Waals surface area contributed by atoms with Gasteiger partial charge in [0.05, 0.1) is 17.9 Å². The van der Waals surface area contributed by atoms with Gasteiger partial charge in [0.2, 0.25) is 0 Å². The maximum atomic E-state index is 14.8. The van der Waals surface area contributed by atoms with E-state index in [-0.39, 0.29) is 21.6 Å². The zero-order chi connectivity index (χ0) is 37.2. The monoisotopic (exact) mass is 743 g/mol. The molecule has 0 radical (unpaired) electrons. The lowest BCUT2D eigenvalue weighted by atomic mass is 9.55. The molecule has 2 atom stereocenters. The maximum absolute atomic E-state index is 14.8. The maximum Gasteiger partial charge on any atom is 0.126 e. The molecule has 8 bridgehead atoms. The van der Waals surface area contributed by atoms with Gasteiger partial charge in [-0.05, 0) is 183 Å². The largest absolute Gasteiger partial charge is 0.496 e. The Labute approximate surface area is 321 Å². The highest BCUT2D eigenvalue weighted by Crippen LogP contribution is 2.78. The fraction of sp³-hybridized carbons (Fsp3) is 0.745. The summed E-state index contributed by atoms with van der Waals surface area (Å²) in [7, 11) is 2.36. The summed E-state index contributed by atoms with van der Waals surface area (Å²) in [5.41, 5.74) is 4.99. The lowest BCUT2D eigenvalue weighted by molar-refractivity contribution is 0.0195. The molecule has 0 N–H and O–H groups in total. The second-order valence-corrected chi connectivity index (χ2v) is 27.5. The van der Waals surface area contributed by atoms with Gasteiger partial charge in [0.25, 0.3) is 0 Å². The zero-order valence-corrected chi connectivity index (χ0v) is 36.3. The van der Waals surface area contributed by atoms with E-state index in [1.54, 1.807) is 5.30 Å². The van der Waals surface area contributed by atoms with Crippen LogP contribution in [-0.4, -0.2) is 37.7 Å². The standard InChI is InChI=1S/C47H70NO2PS/c1-43(2,3)38-22-36(23-39(42(38)50-11)44(4,5)6)41(48(10)52(49)45(7,8)9)37-14-12-13-15-40(37)51(46-24-30-16-31(25-46)18-32(17-30)26-46)47-27-33-19-34(28-47)21-35(20-33)29-47/h12-15,22-23,30-35,41H,16-21,24-29H2,1-11H3/t30?,31?,32?,33?,34?,35?,41-,46?,47?,51?,52-/m1/s1. The molecule has 0 amide bonds. The second kappa shape index (κ2) is 12.9. The van der Waals surface area contributed by atoms with E-state index < -0.39 is 18.9 Å². The predicted molar refractivity (Wildman–Crippen MR) is 223 cm³/mol. The van der Waals surface area contributed by atoms with E-state index in [0.717, 1.165) is 41.3 Å². The molecule has 8 fully saturated rings. The normalized spacial score (nSPS) is 35.6. The van der Waals surface area contributed by atoms with Crippen LogP contribution in [0.15, 0.2) is 36.4 Å². The average molecular weight is 744 g/mol. The molecular formula is C47H70NO2PS. The molecule has 0 aromatic heterocycles. The molecule has 10 rings (SSSR count). The minimum atomic E-state index is -1.21. The third kappa shape index (κ3) is 6.41. The Hall–Kier alpha value is -1.22. The van der Waals surface area contributed by atoms with E-state index >= 15 is 0 Å². The van der Waals surface area contributed by atoms with Crippen LogP contribution in [0.5, 0.6) is 5.75 Å². The van der Waals surface area contributed by atoms with E-state index in [9.17, 15) is 4.21 Å². The summed E-state index contributed by atoms with van der Waals surface area (Å²) in [5.74, 6) is 6.65. The molecule has 2 aromatic rings. The minimum Gasteiger partial charge on any atom is -0.496 e. The van der Waals surface area contributed by atoms with Crippen molar-refractivity contribution in [2.75, 3.05) is 14.2 Å². The molecule has 0 aliphatic heterocycles. The van der Waals surface area contributed by atoms with Crippen molar-refractivity contribution in [3.8, 4) is 5.75 Å². The molecule has 0 spiro atoms. The van der Waals surface area contributed by atoms with Crippen LogP contribution in [0.25, 0.3) is 0 Å². The predicted octanol–water partition coefficient (Wildman–Crippen LogP) is 11.8. The number of benzene rings is 2.